The van der Waals surface area contributed by atoms with Gasteiger partial charge in [-0.25, -0.2) is 0 Å². The smallest absolute Gasteiger partial charge is 0.234 e. The normalized spacial score (nSPS) is 20.2. The summed E-state index contributed by atoms with van der Waals surface area (Å²) in [4.78, 5) is 16.4. The van der Waals surface area contributed by atoms with Crippen molar-refractivity contribution in [2.75, 3.05) is 17.2 Å². The highest BCUT2D eigenvalue weighted by molar-refractivity contribution is 7.10. The van der Waals surface area contributed by atoms with Gasteiger partial charge in [0.2, 0.25) is 5.91 Å². The van der Waals surface area contributed by atoms with Crippen molar-refractivity contribution in [1.82, 2.24) is 0 Å². The molecule has 0 fully saturated rings. The first-order valence-corrected chi connectivity index (χ1v) is 8.38. The maximum absolute atomic E-state index is 13.0. The average Bonchev–Trinajstić information content (AvgIpc) is 3.12. The summed E-state index contributed by atoms with van der Waals surface area (Å²) in [6, 6.07) is 8.05. The standard InChI is InChI=1S/C17H18N2OS/c18-12-5-4-11-6-8-19(15(11)10-12)17(20)14-2-1-3-16-13(14)7-9-21-16/h4-5,7,9-10,14H,1-3,6,8,18H2. The van der Waals surface area contributed by atoms with Gasteiger partial charge in [-0.2, -0.15) is 0 Å². The minimum Gasteiger partial charge on any atom is -0.399 e. The van der Waals surface area contributed by atoms with Crippen molar-refractivity contribution in [1.29, 1.82) is 0 Å². The Labute approximate surface area is 128 Å². The highest BCUT2D eigenvalue weighted by atomic mass is 32.1. The highest BCUT2D eigenvalue weighted by Crippen LogP contribution is 2.39. The Morgan fingerprint density at radius 3 is 3.10 bits per heavy atom. The monoisotopic (exact) mass is 298 g/mol. The highest BCUT2D eigenvalue weighted by Gasteiger charge is 2.34. The summed E-state index contributed by atoms with van der Waals surface area (Å²) >= 11 is 1.79. The molecule has 1 aliphatic carbocycles. The Morgan fingerprint density at radius 1 is 1.29 bits per heavy atom. The molecule has 1 aromatic carbocycles. The Balaban J connectivity index is 1.68. The van der Waals surface area contributed by atoms with Gasteiger partial charge in [0.05, 0.1) is 5.92 Å². The molecule has 2 aliphatic rings. The predicted molar refractivity (Wildman–Crippen MR) is 86.9 cm³/mol. The maximum atomic E-state index is 13.0. The van der Waals surface area contributed by atoms with Crippen molar-refractivity contribution in [3.05, 3.63) is 45.6 Å². The van der Waals surface area contributed by atoms with E-state index < -0.39 is 0 Å². The lowest BCUT2D eigenvalue weighted by molar-refractivity contribution is -0.120. The minimum atomic E-state index is 0.0346. The number of nitrogen functional groups attached to an aromatic ring is 1. The quantitative estimate of drug-likeness (QED) is 0.821. The van der Waals surface area contributed by atoms with Crippen molar-refractivity contribution in [3.8, 4) is 0 Å². The summed E-state index contributed by atoms with van der Waals surface area (Å²) in [6.07, 6.45) is 4.14. The van der Waals surface area contributed by atoms with E-state index in [2.05, 4.69) is 17.5 Å². The third-order valence-electron chi connectivity index (χ3n) is 4.62. The average molecular weight is 298 g/mol. The van der Waals surface area contributed by atoms with E-state index in [0.29, 0.717) is 0 Å². The fraction of sp³-hybridized carbons (Fsp3) is 0.353. The maximum Gasteiger partial charge on any atom is 0.234 e. The first-order valence-electron chi connectivity index (χ1n) is 7.50. The number of anilines is 2. The van der Waals surface area contributed by atoms with E-state index >= 15 is 0 Å². The molecule has 1 aromatic heterocycles. The van der Waals surface area contributed by atoms with E-state index in [9.17, 15) is 4.79 Å². The van der Waals surface area contributed by atoms with Crippen LogP contribution in [0.3, 0.4) is 0 Å². The van der Waals surface area contributed by atoms with Crippen LogP contribution in [0.1, 0.15) is 34.8 Å². The zero-order valence-corrected chi connectivity index (χ0v) is 12.7. The van der Waals surface area contributed by atoms with Gasteiger partial charge >= 0.3 is 0 Å². The number of hydrogen-bond donors (Lipinski definition) is 1. The second kappa shape index (κ2) is 4.88. The molecular weight excluding hydrogens is 280 g/mol. The molecule has 0 saturated heterocycles. The van der Waals surface area contributed by atoms with Gasteiger partial charge in [0.15, 0.2) is 0 Å². The minimum absolute atomic E-state index is 0.0346. The zero-order valence-electron chi connectivity index (χ0n) is 11.8. The van der Waals surface area contributed by atoms with E-state index in [1.807, 2.05) is 17.0 Å². The van der Waals surface area contributed by atoms with Gasteiger partial charge in [-0.3, -0.25) is 4.79 Å². The van der Waals surface area contributed by atoms with Gasteiger partial charge in [0, 0.05) is 22.8 Å². The SMILES string of the molecule is Nc1ccc2c(c1)N(C(=O)C1CCCc3sccc31)CC2. The molecule has 2 heterocycles. The van der Waals surface area contributed by atoms with Crippen LogP contribution in [0.2, 0.25) is 0 Å². The number of thiophene rings is 1. The molecule has 108 valence electrons. The molecular formula is C17H18N2OS. The summed E-state index contributed by atoms with van der Waals surface area (Å²) in [5, 5.41) is 2.12. The Hall–Kier alpha value is -1.81. The van der Waals surface area contributed by atoms with Crippen LogP contribution < -0.4 is 10.6 Å². The summed E-state index contributed by atoms with van der Waals surface area (Å²) in [5.74, 6) is 0.283. The van der Waals surface area contributed by atoms with Gasteiger partial charge in [-0.05, 0) is 60.4 Å². The van der Waals surface area contributed by atoms with Gasteiger partial charge in [-0.15, -0.1) is 11.3 Å². The summed E-state index contributed by atoms with van der Waals surface area (Å²) in [5.41, 5.74) is 10.1. The summed E-state index contributed by atoms with van der Waals surface area (Å²) in [6.45, 7) is 0.785. The molecule has 1 unspecified atom stereocenters. The molecule has 1 amide bonds. The van der Waals surface area contributed by atoms with Gasteiger partial charge in [0.25, 0.3) is 0 Å². The molecule has 4 rings (SSSR count). The molecule has 0 saturated carbocycles. The van der Waals surface area contributed by atoms with E-state index in [-0.39, 0.29) is 11.8 Å². The van der Waals surface area contributed by atoms with Crippen LogP contribution >= 0.6 is 11.3 Å². The van der Waals surface area contributed by atoms with Crippen LogP contribution in [0.5, 0.6) is 0 Å². The third kappa shape index (κ3) is 2.05. The molecule has 0 bridgehead atoms. The molecule has 3 nitrogen and oxygen atoms in total. The lowest BCUT2D eigenvalue weighted by Gasteiger charge is -2.27. The zero-order chi connectivity index (χ0) is 14.4. The summed E-state index contributed by atoms with van der Waals surface area (Å²) in [7, 11) is 0. The second-order valence-corrected chi connectivity index (χ2v) is 6.87. The lowest BCUT2D eigenvalue weighted by atomic mass is 9.86. The van der Waals surface area contributed by atoms with Crippen LogP contribution in [-0.4, -0.2) is 12.5 Å². The second-order valence-electron chi connectivity index (χ2n) is 5.87. The molecule has 2 aromatic rings. The number of aryl methyl sites for hydroxylation is 1. The molecule has 0 spiro atoms. The molecule has 21 heavy (non-hydrogen) atoms. The van der Waals surface area contributed by atoms with E-state index in [1.54, 1.807) is 11.3 Å². The van der Waals surface area contributed by atoms with Crippen molar-refractivity contribution in [2.24, 2.45) is 0 Å². The number of carbonyl (C=O) groups is 1. The fourth-order valence-corrected chi connectivity index (χ4v) is 4.54. The van der Waals surface area contributed by atoms with Gasteiger partial charge in [-0.1, -0.05) is 6.07 Å². The number of amides is 1. The number of rotatable bonds is 1. The first kappa shape index (κ1) is 12.9. The van der Waals surface area contributed by atoms with Gasteiger partial charge in [0.1, 0.15) is 0 Å². The van der Waals surface area contributed by atoms with Crippen molar-refractivity contribution >= 4 is 28.6 Å². The first-order chi connectivity index (χ1) is 10.2. The van der Waals surface area contributed by atoms with Crippen molar-refractivity contribution < 1.29 is 4.79 Å². The Bertz CT molecular complexity index is 707. The number of nitrogens with two attached hydrogens (primary N) is 1. The number of nitrogens with zero attached hydrogens (tertiary/aromatic N) is 1. The van der Waals surface area contributed by atoms with Crippen LogP contribution in [0.15, 0.2) is 29.6 Å². The number of benzene rings is 1. The van der Waals surface area contributed by atoms with Crippen LogP contribution in [-0.2, 0) is 17.6 Å². The number of carbonyl (C=O) groups excluding carboxylic acids is 1. The Kier molecular flexibility index (Phi) is 3.00. The largest absolute Gasteiger partial charge is 0.399 e. The number of hydrogen-bond acceptors (Lipinski definition) is 3. The molecule has 0 radical (unpaired) electrons. The van der Waals surface area contributed by atoms with E-state index in [1.165, 1.54) is 16.0 Å². The molecule has 2 N–H and O–H groups in total. The van der Waals surface area contributed by atoms with Gasteiger partial charge < -0.3 is 10.6 Å². The van der Waals surface area contributed by atoms with Crippen molar-refractivity contribution in [2.45, 2.75) is 31.6 Å². The van der Waals surface area contributed by atoms with Crippen LogP contribution in [0.25, 0.3) is 0 Å². The lowest BCUT2D eigenvalue weighted by Crippen LogP contribution is -2.34. The Morgan fingerprint density at radius 2 is 2.19 bits per heavy atom. The van der Waals surface area contributed by atoms with Crippen LogP contribution in [0.4, 0.5) is 11.4 Å². The molecule has 1 atom stereocenters. The van der Waals surface area contributed by atoms with Crippen molar-refractivity contribution in [3.63, 3.8) is 0 Å². The van der Waals surface area contributed by atoms with E-state index in [4.69, 9.17) is 5.73 Å². The fourth-order valence-electron chi connectivity index (χ4n) is 3.56. The molecule has 4 heteroatoms. The topological polar surface area (TPSA) is 46.3 Å². The van der Waals surface area contributed by atoms with E-state index in [0.717, 1.165) is 43.6 Å². The third-order valence-corrected chi connectivity index (χ3v) is 5.62. The number of fused-ring (bicyclic) bond motifs is 2. The molecule has 1 aliphatic heterocycles. The van der Waals surface area contributed by atoms with Crippen LogP contribution in [0, 0.1) is 0 Å². The summed E-state index contributed by atoms with van der Waals surface area (Å²) < 4.78 is 0. The predicted octanol–water partition coefficient (Wildman–Crippen LogP) is 3.34.